The third-order valence-electron chi connectivity index (χ3n) is 3.94. The van der Waals surface area contributed by atoms with Crippen molar-refractivity contribution in [2.24, 2.45) is 5.73 Å². The Morgan fingerprint density at radius 3 is 2.60 bits per heavy atom. The van der Waals surface area contributed by atoms with Crippen LogP contribution >= 0.6 is 11.3 Å². The van der Waals surface area contributed by atoms with E-state index in [4.69, 9.17) is 5.73 Å². The Hall–Kier alpha value is -1.64. The number of hydrogen-bond acceptors (Lipinski definition) is 2. The highest BCUT2D eigenvalue weighted by atomic mass is 32.1. The molecular formula is C18H19NS. The molecule has 1 nitrogen and oxygen atoms in total. The van der Waals surface area contributed by atoms with Gasteiger partial charge in [-0.05, 0) is 53.4 Å². The first-order chi connectivity index (χ1) is 9.79. The van der Waals surface area contributed by atoms with E-state index in [1.54, 1.807) is 0 Å². The van der Waals surface area contributed by atoms with Crippen molar-refractivity contribution >= 4 is 21.4 Å². The number of rotatable bonds is 4. The summed E-state index contributed by atoms with van der Waals surface area (Å²) in [6, 6.07) is 17.2. The summed E-state index contributed by atoms with van der Waals surface area (Å²) < 4.78 is 1.36. The largest absolute Gasteiger partial charge is 0.330 e. The molecule has 0 radical (unpaired) electrons. The van der Waals surface area contributed by atoms with Crippen LogP contribution in [0.5, 0.6) is 0 Å². The lowest BCUT2D eigenvalue weighted by molar-refractivity contribution is 0.694. The van der Waals surface area contributed by atoms with E-state index in [-0.39, 0.29) is 0 Å². The maximum atomic E-state index is 6.04. The number of fused-ring (bicyclic) bond motifs is 1. The number of thiophene rings is 1. The Kier molecular flexibility index (Phi) is 3.86. The van der Waals surface area contributed by atoms with Gasteiger partial charge in [-0.15, -0.1) is 11.3 Å². The predicted octanol–water partition coefficient (Wildman–Crippen LogP) is 4.49. The number of aryl methyl sites for hydroxylation is 1. The topological polar surface area (TPSA) is 26.0 Å². The first kappa shape index (κ1) is 13.3. The van der Waals surface area contributed by atoms with Crippen LogP contribution in [0.1, 0.15) is 22.6 Å². The smallest absolute Gasteiger partial charge is 0.0345 e. The zero-order valence-electron chi connectivity index (χ0n) is 11.7. The second-order valence-electron chi connectivity index (χ2n) is 5.25. The molecule has 0 spiro atoms. The zero-order chi connectivity index (χ0) is 13.9. The summed E-state index contributed by atoms with van der Waals surface area (Å²) in [5.74, 6) is 0.397. The molecule has 0 amide bonds. The Morgan fingerprint density at radius 1 is 1.05 bits per heavy atom. The maximum Gasteiger partial charge on any atom is 0.0345 e. The molecule has 0 aliphatic carbocycles. The highest BCUT2D eigenvalue weighted by Crippen LogP contribution is 2.30. The molecule has 2 N–H and O–H groups in total. The molecule has 20 heavy (non-hydrogen) atoms. The molecular weight excluding hydrogens is 262 g/mol. The second kappa shape index (κ2) is 5.78. The summed E-state index contributed by atoms with van der Waals surface area (Å²) in [6.07, 6.45) is 1.02. The first-order valence-electron chi connectivity index (χ1n) is 7.00. The molecule has 0 aliphatic heterocycles. The molecule has 2 heteroatoms. The van der Waals surface area contributed by atoms with Crippen LogP contribution in [0, 0.1) is 6.92 Å². The SMILES string of the molecule is Cc1ccccc1C(CN)Cc1csc2ccccc12. The number of benzene rings is 2. The summed E-state index contributed by atoms with van der Waals surface area (Å²) in [7, 11) is 0. The van der Waals surface area contributed by atoms with Gasteiger partial charge >= 0.3 is 0 Å². The summed E-state index contributed by atoms with van der Waals surface area (Å²) >= 11 is 1.82. The molecule has 1 unspecified atom stereocenters. The van der Waals surface area contributed by atoms with E-state index in [9.17, 15) is 0 Å². The fraction of sp³-hybridized carbons (Fsp3) is 0.222. The Balaban J connectivity index is 1.94. The number of nitrogens with two attached hydrogens (primary N) is 1. The maximum absolute atomic E-state index is 6.04. The van der Waals surface area contributed by atoms with Crippen molar-refractivity contribution in [3.05, 3.63) is 70.6 Å². The van der Waals surface area contributed by atoms with Gasteiger partial charge in [0.1, 0.15) is 0 Å². The van der Waals surface area contributed by atoms with E-state index in [0.717, 1.165) is 6.42 Å². The molecule has 0 fully saturated rings. The van der Waals surface area contributed by atoms with E-state index >= 15 is 0 Å². The van der Waals surface area contributed by atoms with Gasteiger partial charge in [-0.2, -0.15) is 0 Å². The quantitative estimate of drug-likeness (QED) is 0.749. The van der Waals surface area contributed by atoms with E-state index in [1.807, 2.05) is 11.3 Å². The van der Waals surface area contributed by atoms with Crippen LogP contribution in [-0.4, -0.2) is 6.54 Å². The van der Waals surface area contributed by atoms with Crippen molar-refractivity contribution in [1.82, 2.24) is 0 Å². The van der Waals surface area contributed by atoms with E-state index in [2.05, 4.69) is 60.8 Å². The molecule has 0 bridgehead atoms. The molecule has 3 aromatic rings. The van der Waals surface area contributed by atoms with Gasteiger partial charge in [0.2, 0.25) is 0 Å². The van der Waals surface area contributed by atoms with Gasteiger partial charge in [0.25, 0.3) is 0 Å². The molecule has 0 aliphatic rings. The van der Waals surface area contributed by atoms with E-state index < -0.39 is 0 Å². The highest BCUT2D eigenvalue weighted by Gasteiger charge is 2.14. The lowest BCUT2D eigenvalue weighted by Crippen LogP contribution is -2.15. The van der Waals surface area contributed by atoms with E-state index in [0.29, 0.717) is 12.5 Å². The number of hydrogen-bond donors (Lipinski definition) is 1. The fourth-order valence-corrected chi connectivity index (χ4v) is 3.80. The minimum atomic E-state index is 0.397. The van der Waals surface area contributed by atoms with Gasteiger partial charge in [-0.1, -0.05) is 42.5 Å². The van der Waals surface area contributed by atoms with E-state index in [1.165, 1.54) is 26.8 Å². The minimum absolute atomic E-state index is 0.397. The van der Waals surface area contributed by atoms with Crippen LogP contribution in [0.25, 0.3) is 10.1 Å². The zero-order valence-corrected chi connectivity index (χ0v) is 12.5. The second-order valence-corrected chi connectivity index (χ2v) is 6.16. The average Bonchev–Trinajstić information content (AvgIpc) is 2.89. The highest BCUT2D eigenvalue weighted by molar-refractivity contribution is 7.17. The fourth-order valence-electron chi connectivity index (χ4n) is 2.82. The summed E-state index contributed by atoms with van der Waals surface area (Å²) in [4.78, 5) is 0. The van der Waals surface area contributed by atoms with Crippen molar-refractivity contribution in [1.29, 1.82) is 0 Å². The van der Waals surface area contributed by atoms with Gasteiger partial charge in [0.05, 0.1) is 0 Å². The van der Waals surface area contributed by atoms with Crippen LogP contribution < -0.4 is 5.73 Å². The van der Waals surface area contributed by atoms with Gasteiger partial charge < -0.3 is 5.73 Å². The lowest BCUT2D eigenvalue weighted by atomic mass is 9.89. The summed E-state index contributed by atoms with van der Waals surface area (Å²) in [6.45, 7) is 2.86. The van der Waals surface area contributed by atoms with Crippen LogP contribution in [0.2, 0.25) is 0 Å². The summed E-state index contributed by atoms with van der Waals surface area (Å²) in [5, 5.41) is 3.66. The third-order valence-corrected chi connectivity index (χ3v) is 4.95. The lowest BCUT2D eigenvalue weighted by Gasteiger charge is -2.17. The Morgan fingerprint density at radius 2 is 1.80 bits per heavy atom. The normalized spacial score (nSPS) is 12.7. The standard InChI is InChI=1S/C18H19NS/c1-13-6-2-3-7-16(13)14(11-19)10-15-12-20-18-9-5-4-8-17(15)18/h2-9,12,14H,10-11,19H2,1H3. The predicted molar refractivity (Wildman–Crippen MR) is 88.5 cm³/mol. The van der Waals surface area contributed by atoms with Gasteiger partial charge in [0.15, 0.2) is 0 Å². The van der Waals surface area contributed by atoms with Crippen molar-refractivity contribution in [3.8, 4) is 0 Å². The molecule has 0 saturated heterocycles. The van der Waals surface area contributed by atoms with Crippen LogP contribution in [0.3, 0.4) is 0 Å². The molecule has 0 saturated carbocycles. The molecule has 1 heterocycles. The molecule has 102 valence electrons. The van der Waals surface area contributed by atoms with Crippen molar-refractivity contribution in [3.63, 3.8) is 0 Å². The molecule has 1 atom stereocenters. The van der Waals surface area contributed by atoms with Gasteiger partial charge in [-0.3, -0.25) is 0 Å². The Labute approximate surface area is 124 Å². The van der Waals surface area contributed by atoms with Crippen LogP contribution in [-0.2, 0) is 6.42 Å². The third kappa shape index (κ3) is 2.49. The van der Waals surface area contributed by atoms with Crippen LogP contribution in [0.15, 0.2) is 53.9 Å². The Bertz CT molecular complexity index is 714. The first-order valence-corrected chi connectivity index (χ1v) is 7.88. The monoisotopic (exact) mass is 281 g/mol. The molecule has 3 rings (SSSR count). The van der Waals surface area contributed by atoms with Gasteiger partial charge in [0, 0.05) is 10.6 Å². The molecule has 2 aromatic carbocycles. The average molecular weight is 281 g/mol. The van der Waals surface area contributed by atoms with Crippen molar-refractivity contribution in [2.75, 3.05) is 6.54 Å². The summed E-state index contributed by atoms with van der Waals surface area (Å²) in [5.41, 5.74) is 10.2. The van der Waals surface area contributed by atoms with Crippen LogP contribution in [0.4, 0.5) is 0 Å². The minimum Gasteiger partial charge on any atom is -0.330 e. The van der Waals surface area contributed by atoms with Crippen molar-refractivity contribution < 1.29 is 0 Å². The molecule has 1 aromatic heterocycles. The van der Waals surface area contributed by atoms with Crippen molar-refractivity contribution in [2.45, 2.75) is 19.3 Å². The van der Waals surface area contributed by atoms with Gasteiger partial charge in [-0.25, -0.2) is 0 Å².